The van der Waals surface area contributed by atoms with E-state index in [1.807, 2.05) is 0 Å². The minimum atomic E-state index is -0.591. The van der Waals surface area contributed by atoms with E-state index in [1.54, 1.807) is 19.1 Å². The lowest BCUT2D eigenvalue weighted by Gasteiger charge is -2.15. The van der Waals surface area contributed by atoms with Crippen LogP contribution in [0, 0.1) is 5.82 Å². The van der Waals surface area contributed by atoms with Crippen molar-refractivity contribution < 1.29 is 9.18 Å². The Bertz CT molecular complexity index is 1150. The quantitative estimate of drug-likeness (QED) is 0.672. The molecule has 3 rings (SSSR count). The van der Waals surface area contributed by atoms with Gasteiger partial charge in [0.05, 0.1) is 6.04 Å². The lowest BCUT2D eigenvalue weighted by molar-refractivity contribution is -0.122. The highest BCUT2D eigenvalue weighted by Gasteiger charge is 2.20. The number of halogens is 2. The molecule has 0 aliphatic rings. The van der Waals surface area contributed by atoms with E-state index in [0.29, 0.717) is 0 Å². The lowest BCUT2D eigenvalue weighted by atomic mass is 10.1. The van der Waals surface area contributed by atoms with Crippen LogP contribution in [-0.4, -0.2) is 24.6 Å². The Labute approximate surface area is 157 Å². The average molecular weight is 394 g/mol. The number of nitrogens with zero attached hydrogens (tertiary/aromatic N) is 4. The Hall–Kier alpha value is -2.94. The van der Waals surface area contributed by atoms with Crippen LogP contribution in [0.15, 0.2) is 33.9 Å². The van der Waals surface area contributed by atoms with E-state index < -0.39 is 17.2 Å². The smallest absolute Gasteiger partial charge is 0.332 e. The van der Waals surface area contributed by atoms with Crippen LogP contribution < -0.4 is 16.6 Å². The first-order valence-corrected chi connectivity index (χ1v) is 8.45. The van der Waals surface area contributed by atoms with E-state index in [4.69, 9.17) is 11.6 Å². The van der Waals surface area contributed by atoms with Gasteiger partial charge in [0.15, 0.2) is 11.2 Å². The van der Waals surface area contributed by atoms with Gasteiger partial charge in [0, 0.05) is 14.1 Å². The molecule has 0 radical (unpaired) electrons. The molecule has 0 bridgehead atoms. The molecule has 142 valence electrons. The van der Waals surface area contributed by atoms with Crippen molar-refractivity contribution in [2.45, 2.75) is 19.5 Å². The van der Waals surface area contributed by atoms with Gasteiger partial charge in [-0.3, -0.25) is 23.3 Å². The molecule has 0 saturated heterocycles. The minimum absolute atomic E-state index is 0.0641. The van der Waals surface area contributed by atoms with Gasteiger partial charge >= 0.3 is 5.69 Å². The molecule has 0 saturated carbocycles. The fourth-order valence-electron chi connectivity index (χ4n) is 2.83. The van der Waals surface area contributed by atoms with Crippen LogP contribution in [0.2, 0.25) is 5.28 Å². The van der Waals surface area contributed by atoms with Crippen LogP contribution in [-0.2, 0) is 25.4 Å². The van der Waals surface area contributed by atoms with Gasteiger partial charge in [0.2, 0.25) is 11.2 Å². The van der Waals surface area contributed by atoms with Crippen molar-refractivity contribution in [3.8, 4) is 0 Å². The molecule has 3 aromatic rings. The van der Waals surface area contributed by atoms with Crippen molar-refractivity contribution in [1.29, 1.82) is 0 Å². The van der Waals surface area contributed by atoms with E-state index in [2.05, 4.69) is 10.3 Å². The number of carbonyl (C=O) groups is 1. The number of rotatable bonds is 4. The van der Waals surface area contributed by atoms with Crippen molar-refractivity contribution in [3.63, 3.8) is 0 Å². The average Bonchev–Trinajstić information content (AvgIpc) is 2.95. The predicted molar refractivity (Wildman–Crippen MR) is 98.2 cm³/mol. The number of amides is 1. The van der Waals surface area contributed by atoms with Gasteiger partial charge in [0.1, 0.15) is 12.4 Å². The molecule has 8 nitrogen and oxygen atoms in total. The highest BCUT2D eigenvalue weighted by Crippen LogP contribution is 2.16. The van der Waals surface area contributed by atoms with E-state index >= 15 is 0 Å². The minimum Gasteiger partial charge on any atom is -0.348 e. The fourth-order valence-corrected chi connectivity index (χ4v) is 3.05. The van der Waals surface area contributed by atoms with Crippen molar-refractivity contribution in [2.75, 3.05) is 0 Å². The molecule has 2 heterocycles. The van der Waals surface area contributed by atoms with Crippen LogP contribution in [0.4, 0.5) is 4.39 Å². The monoisotopic (exact) mass is 393 g/mol. The Morgan fingerprint density at radius 1 is 1.22 bits per heavy atom. The number of aryl methyl sites for hydroxylation is 1. The van der Waals surface area contributed by atoms with Crippen molar-refractivity contribution in [2.24, 2.45) is 14.1 Å². The first-order valence-electron chi connectivity index (χ1n) is 8.07. The van der Waals surface area contributed by atoms with Gasteiger partial charge in [0.25, 0.3) is 5.56 Å². The van der Waals surface area contributed by atoms with Crippen LogP contribution in [0.1, 0.15) is 18.5 Å². The second kappa shape index (κ2) is 6.99. The summed E-state index contributed by atoms with van der Waals surface area (Å²) in [7, 11) is 2.81. The summed E-state index contributed by atoms with van der Waals surface area (Å²) in [5.41, 5.74) is -0.235. The standard InChI is InChI=1S/C17H17ClFN5O3/c1-9(10-4-6-11(19)7-5-10)20-12(25)8-24-13-14(21-16(24)18)22(2)17(27)23(3)15(13)26/h4-7,9H,8H2,1-3H3,(H,20,25)/t9-/m1/s1. The summed E-state index contributed by atoms with van der Waals surface area (Å²) < 4.78 is 16.4. The molecule has 1 atom stereocenters. The summed E-state index contributed by atoms with van der Waals surface area (Å²) in [6, 6.07) is 5.39. The third-order valence-corrected chi connectivity index (χ3v) is 4.64. The number of fused-ring (bicyclic) bond motifs is 1. The largest absolute Gasteiger partial charge is 0.348 e. The molecule has 1 N–H and O–H groups in total. The van der Waals surface area contributed by atoms with Crippen molar-refractivity contribution in [3.05, 3.63) is 61.8 Å². The molecule has 1 aromatic carbocycles. The second-order valence-corrected chi connectivity index (χ2v) is 6.52. The number of aromatic nitrogens is 4. The van der Waals surface area contributed by atoms with Crippen LogP contribution in [0.5, 0.6) is 0 Å². The van der Waals surface area contributed by atoms with Gasteiger partial charge in [-0.2, -0.15) is 4.98 Å². The molecule has 0 spiro atoms. The first kappa shape index (κ1) is 18.8. The number of hydrogen-bond donors (Lipinski definition) is 1. The maximum Gasteiger partial charge on any atom is 0.332 e. The zero-order valence-corrected chi connectivity index (χ0v) is 15.6. The van der Waals surface area contributed by atoms with Crippen LogP contribution >= 0.6 is 11.6 Å². The van der Waals surface area contributed by atoms with E-state index in [0.717, 1.165) is 10.1 Å². The molecule has 0 aliphatic heterocycles. The summed E-state index contributed by atoms with van der Waals surface area (Å²) in [6.07, 6.45) is 0. The van der Waals surface area contributed by atoms with Crippen LogP contribution in [0.3, 0.4) is 0 Å². The molecule has 10 heteroatoms. The molecule has 0 aliphatic carbocycles. The van der Waals surface area contributed by atoms with Crippen molar-refractivity contribution >= 4 is 28.7 Å². The Kier molecular flexibility index (Phi) is 4.88. The first-order chi connectivity index (χ1) is 12.7. The summed E-state index contributed by atoms with van der Waals surface area (Å²) in [5, 5.41) is 2.68. The molecular weight excluding hydrogens is 377 g/mol. The van der Waals surface area contributed by atoms with Gasteiger partial charge < -0.3 is 5.32 Å². The highest BCUT2D eigenvalue weighted by atomic mass is 35.5. The number of hydrogen-bond acceptors (Lipinski definition) is 4. The summed E-state index contributed by atoms with van der Waals surface area (Å²) in [6.45, 7) is 1.50. The Morgan fingerprint density at radius 3 is 2.48 bits per heavy atom. The Balaban J connectivity index is 1.91. The number of imidazole rings is 1. The Morgan fingerprint density at radius 2 is 1.85 bits per heavy atom. The molecule has 0 unspecified atom stereocenters. The summed E-state index contributed by atoms with van der Waals surface area (Å²) >= 11 is 6.10. The third kappa shape index (κ3) is 3.37. The zero-order valence-electron chi connectivity index (χ0n) is 14.9. The zero-order chi connectivity index (χ0) is 19.9. The van der Waals surface area contributed by atoms with E-state index in [-0.39, 0.29) is 34.9 Å². The predicted octanol–water partition coefficient (Wildman–Crippen LogP) is 1.10. The van der Waals surface area contributed by atoms with Gasteiger partial charge in [-0.05, 0) is 36.2 Å². The third-order valence-electron chi connectivity index (χ3n) is 4.35. The van der Waals surface area contributed by atoms with Crippen LogP contribution in [0.25, 0.3) is 11.2 Å². The number of benzene rings is 1. The fraction of sp³-hybridized carbons (Fsp3) is 0.294. The normalized spacial score (nSPS) is 12.3. The van der Waals surface area contributed by atoms with Gasteiger partial charge in [-0.25, -0.2) is 9.18 Å². The topological polar surface area (TPSA) is 90.9 Å². The molecular formula is C17H17ClFN5O3. The second-order valence-electron chi connectivity index (χ2n) is 6.19. The highest BCUT2D eigenvalue weighted by molar-refractivity contribution is 6.29. The van der Waals surface area contributed by atoms with Gasteiger partial charge in [-0.1, -0.05) is 12.1 Å². The summed E-state index contributed by atoms with van der Waals surface area (Å²) in [4.78, 5) is 40.9. The van der Waals surface area contributed by atoms with E-state index in [9.17, 15) is 18.8 Å². The van der Waals surface area contributed by atoms with Crippen molar-refractivity contribution in [1.82, 2.24) is 24.0 Å². The van der Waals surface area contributed by atoms with E-state index in [1.165, 1.54) is 35.4 Å². The van der Waals surface area contributed by atoms with Gasteiger partial charge in [-0.15, -0.1) is 0 Å². The molecule has 1 amide bonds. The lowest BCUT2D eigenvalue weighted by Crippen LogP contribution is -2.38. The molecule has 2 aromatic heterocycles. The summed E-state index contributed by atoms with van der Waals surface area (Å²) in [5.74, 6) is -0.778. The number of nitrogens with one attached hydrogen (secondary N) is 1. The maximum absolute atomic E-state index is 13.0. The SMILES string of the molecule is C[C@@H](NC(=O)Cn1c(Cl)nc2c1c(=O)n(C)c(=O)n2C)c1ccc(F)cc1. The molecule has 27 heavy (non-hydrogen) atoms. The maximum atomic E-state index is 13.0. The number of carbonyl (C=O) groups excluding carboxylic acids is 1. The molecule has 0 fully saturated rings.